The number of hydrogen-bond acceptors (Lipinski definition) is 1. The largest absolute Gasteiger partial charge is 0.497 e. The van der Waals surface area contributed by atoms with E-state index in [9.17, 15) is 0 Å². The minimum Gasteiger partial charge on any atom is -0.497 e. The maximum atomic E-state index is 6.54. The molecule has 2 rings (SSSR count). The van der Waals surface area contributed by atoms with Gasteiger partial charge in [0.1, 0.15) is 5.75 Å². The molecule has 0 amide bonds. The highest BCUT2D eigenvalue weighted by molar-refractivity contribution is 9.10. The summed E-state index contributed by atoms with van der Waals surface area (Å²) >= 11 is 10.1. The monoisotopic (exact) mass is 338 g/mol. The molecule has 0 bridgehead atoms. The fraction of sp³-hybridized carbons (Fsp3) is 0.250. The van der Waals surface area contributed by atoms with E-state index in [1.54, 1.807) is 7.11 Å². The van der Waals surface area contributed by atoms with E-state index in [-0.39, 0.29) is 5.38 Å². The van der Waals surface area contributed by atoms with Crippen LogP contribution in [-0.2, 0) is 6.42 Å². The number of aryl methyl sites for hydroxylation is 1. The molecule has 2 aromatic rings. The van der Waals surface area contributed by atoms with Crippen LogP contribution < -0.4 is 4.74 Å². The molecule has 1 nitrogen and oxygen atoms in total. The molecule has 0 saturated heterocycles. The summed E-state index contributed by atoms with van der Waals surface area (Å²) in [6.45, 7) is 2.11. The normalized spacial score (nSPS) is 12.2. The van der Waals surface area contributed by atoms with E-state index < -0.39 is 0 Å². The van der Waals surface area contributed by atoms with Gasteiger partial charge in [-0.25, -0.2) is 0 Å². The molecular weight excluding hydrogens is 324 g/mol. The molecule has 3 heteroatoms. The molecule has 2 aromatic carbocycles. The van der Waals surface area contributed by atoms with Crippen molar-refractivity contribution in [2.24, 2.45) is 0 Å². The highest BCUT2D eigenvalue weighted by Crippen LogP contribution is 2.33. The van der Waals surface area contributed by atoms with Crippen LogP contribution in [0.3, 0.4) is 0 Å². The van der Waals surface area contributed by atoms with Crippen molar-refractivity contribution in [1.82, 2.24) is 0 Å². The first kappa shape index (κ1) is 14.4. The van der Waals surface area contributed by atoms with E-state index in [1.165, 1.54) is 11.1 Å². The minimum absolute atomic E-state index is 0.0543. The van der Waals surface area contributed by atoms with Crippen LogP contribution in [0.4, 0.5) is 0 Å². The summed E-state index contributed by atoms with van der Waals surface area (Å²) in [7, 11) is 1.66. The van der Waals surface area contributed by atoms with Crippen LogP contribution in [0.2, 0.25) is 0 Å². The Bertz CT molecular complexity index is 568. The topological polar surface area (TPSA) is 9.23 Å². The molecule has 0 spiro atoms. The third-order valence-electron chi connectivity index (χ3n) is 3.21. The summed E-state index contributed by atoms with van der Waals surface area (Å²) in [5.74, 6) is 0.829. The highest BCUT2D eigenvalue weighted by Gasteiger charge is 2.14. The second-order valence-corrected chi connectivity index (χ2v) is 5.87. The van der Waals surface area contributed by atoms with E-state index in [4.69, 9.17) is 16.3 Å². The van der Waals surface area contributed by atoms with Gasteiger partial charge in [0, 0.05) is 4.47 Å². The van der Waals surface area contributed by atoms with Crippen molar-refractivity contribution in [1.29, 1.82) is 0 Å². The van der Waals surface area contributed by atoms with Crippen LogP contribution in [-0.4, -0.2) is 7.11 Å². The van der Waals surface area contributed by atoms with Gasteiger partial charge in [-0.1, -0.05) is 46.3 Å². The number of ether oxygens (including phenoxy) is 1. The van der Waals surface area contributed by atoms with E-state index >= 15 is 0 Å². The van der Waals surface area contributed by atoms with Gasteiger partial charge in [-0.05, 0) is 42.2 Å². The lowest BCUT2D eigenvalue weighted by atomic mass is 10.0. The Balaban J connectivity index is 2.21. The van der Waals surface area contributed by atoms with Crippen molar-refractivity contribution in [3.63, 3.8) is 0 Å². The smallest absolute Gasteiger partial charge is 0.120 e. The standard InChI is InChI=1S/C16H16BrClO/c1-11-5-3-4-6-12(11)9-16(18)14-8-7-13(19-2)10-15(14)17/h3-8,10,16H,9H2,1-2H3. The minimum atomic E-state index is -0.0543. The van der Waals surface area contributed by atoms with Gasteiger partial charge in [-0.3, -0.25) is 0 Å². The Kier molecular flexibility index (Phi) is 4.89. The summed E-state index contributed by atoms with van der Waals surface area (Å²) < 4.78 is 6.18. The Morgan fingerprint density at radius 2 is 1.95 bits per heavy atom. The Morgan fingerprint density at radius 1 is 1.21 bits per heavy atom. The predicted octanol–water partition coefficient (Wildman–Crippen LogP) is 5.29. The summed E-state index contributed by atoms with van der Waals surface area (Å²) in [4.78, 5) is 0. The van der Waals surface area contributed by atoms with Crippen LogP contribution in [0.25, 0.3) is 0 Å². The van der Waals surface area contributed by atoms with E-state index in [1.807, 2.05) is 24.3 Å². The molecule has 1 unspecified atom stereocenters. The SMILES string of the molecule is COc1ccc(C(Cl)Cc2ccccc2C)c(Br)c1. The zero-order valence-corrected chi connectivity index (χ0v) is 13.3. The second-order valence-electron chi connectivity index (χ2n) is 4.49. The quantitative estimate of drug-likeness (QED) is 0.688. The van der Waals surface area contributed by atoms with Crippen molar-refractivity contribution in [2.45, 2.75) is 18.7 Å². The Labute approximate surface area is 127 Å². The van der Waals surface area contributed by atoms with Crippen molar-refractivity contribution in [2.75, 3.05) is 7.11 Å². The third-order valence-corrected chi connectivity index (χ3v) is 4.28. The van der Waals surface area contributed by atoms with Gasteiger partial charge in [0.05, 0.1) is 12.5 Å². The lowest BCUT2D eigenvalue weighted by molar-refractivity contribution is 0.414. The zero-order chi connectivity index (χ0) is 13.8. The number of methoxy groups -OCH3 is 1. The fourth-order valence-corrected chi connectivity index (χ4v) is 3.15. The van der Waals surface area contributed by atoms with Gasteiger partial charge in [-0.15, -0.1) is 11.6 Å². The molecule has 19 heavy (non-hydrogen) atoms. The van der Waals surface area contributed by atoms with Gasteiger partial charge in [0.25, 0.3) is 0 Å². The molecule has 0 N–H and O–H groups in total. The maximum absolute atomic E-state index is 6.54. The van der Waals surface area contributed by atoms with Crippen molar-refractivity contribution < 1.29 is 4.74 Å². The summed E-state index contributed by atoms with van der Waals surface area (Å²) in [6.07, 6.45) is 0.819. The Hall–Kier alpha value is -0.990. The molecule has 0 aliphatic carbocycles. The zero-order valence-electron chi connectivity index (χ0n) is 11.0. The van der Waals surface area contributed by atoms with Gasteiger partial charge in [-0.2, -0.15) is 0 Å². The molecule has 0 heterocycles. The molecule has 0 saturated carbocycles. The first-order chi connectivity index (χ1) is 9.11. The molecule has 0 aliphatic rings. The first-order valence-electron chi connectivity index (χ1n) is 6.14. The molecule has 100 valence electrons. The summed E-state index contributed by atoms with van der Waals surface area (Å²) in [5.41, 5.74) is 3.65. The van der Waals surface area contributed by atoms with E-state index in [2.05, 4.69) is 41.1 Å². The number of rotatable bonds is 4. The molecule has 0 aromatic heterocycles. The second kappa shape index (κ2) is 6.44. The van der Waals surface area contributed by atoms with Gasteiger partial charge < -0.3 is 4.74 Å². The molecule has 0 aliphatic heterocycles. The van der Waals surface area contributed by atoms with Crippen LogP contribution in [0.5, 0.6) is 5.75 Å². The predicted molar refractivity (Wildman–Crippen MR) is 84.2 cm³/mol. The van der Waals surface area contributed by atoms with Crippen LogP contribution in [0, 0.1) is 6.92 Å². The lowest BCUT2D eigenvalue weighted by Crippen LogP contribution is -1.99. The van der Waals surface area contributed by atoms with Gasteiger partial charge in [0.2, 0.25) is 0 Å². The van der Waals surface area contributed by atoms with Crippen molar-refractivity contribution in [3.8, 4) is 5.75 Å². The molecule has 1 atom stereocenters. The van der Waals surface area contributed by atoms with Gasteiger partial charge >= 0.3 is 0 Å². The van der Waals surface area contributed by atoms with Gasteiger partial charge in [0.15, 0.2) is 0 Å². The van der Waals surface area contributed by atoms with Crippen molar-refractivity contribution >= 4 is 27.5 Å². The number of benzene rings is 2. The fourth-order valence-electron chi connectivity index (χ4n) is 2.03. The number of hydrogen-bond donors (Lipinski definition) is 0. The third kappa shape index (κ3) is 3.52. The average Bonchev–Trinajstić information content (AvgIpc) is 2.41. The van der Waals surface area contributed by atoms with E-state index in [0.29, 0.717) is 0 Å². The summed E-state index contributed by atoms with van der Waals surface area (Å²) in [5, 5.41) is -0.0543. The number of halogens is 2. The average molecular weight is 340 g/mol. The van der Waals surface area contributed by atoms with E-state index in [0.717, 1.165) is 22.2 Å². The van der Waals surface area contributed by atoms with Crippen molar-refractivity contribution in [3.05, 3.63) is 63.6 Å². The molecule has 0 radical (unpaired) electrons. The number of alkyl halides is 1. The first-order valence-corrected chi connectivity index (χ1v) is 7.36. The lowest BCUT2D eigenvalue weighted by Gasteiger charge is -2.14. The highest BCUT2D eigenvalue weighted by atomic mass is 79.9. The molecule has 0 fully saturated rings. The van der Waals surface area contributed by atoms with Crippen LogP contribution in [0.1, 0.15) is 22.1 Å². The maximum Gasteiger partial charge on any atom is 0.120 e. The molecular formula is C16H16BrClO. The summed E-state index contributed by atoms with van der Waals surface area (Å²) in [6, 6.07) is 14.2. The van der Waals surface area contributed by atoms with Crippen LogP contribution in [0.15, 0.2) is 46.9 Å². The van der Waals surface area contributed by atoms with Crippen LogP contribution >= 0.6 is 27.5 Å². The Morgan fingerprint density at radius 3 is 2.58 bits per heavy atom.